The normalized spacial score (nSPS) is 15.4. The fourth-order valence-electron chi connectivity index (χ4n) is 2.40. The van der Waals surface area contributed by atoms with Crippen molar-refractivity contribution in [2.45, 2.75) is 25.4 Å². The SMILES string of the molecule is NCCN(Cc1ccc2ccccc2n1)C1CC1. The maximum atomic E-state index is 5.68. The van der Waals surface area contributed by atoms with E-state index in [1.54, 1.807) is 0 Å². The molecule has 0 unspecified atom stereocenters. The van der Waals surface area contributed by atoms with E-state index < -0.39 is 0 Å². The lowest BCUT2D eigenvalue weighted by Crippen LogP contribution is -2.31. The van der Waals surface area contributed by atoms with E-state index in [1.807, 2.05) is 6.07 Å². The topological polar surface area (TPSA) is 42.1 Å². The summed E-state index contributed by atoms with van der Waals surface area (Å²) in [6.45, 7) is 2.62. The maximum absolute atomic E-state index is 5.68. The van der Waals surface area contributed by atoms with Crippen LogP contribution in [0.15, 0.2) is 36.4 Å². The van der Waals surface area contributed by atoms with Crippen LogP contribution in [0, 0.1) is 0 Å². The van der Waals surface area contributed by atoms with Crippen molar-refractivity contribution >= 4 is 10.9 Å². The maximum Gasteiger partial charge on any atom is 0.0705 e. The minimum Gasteiger partial charge on any atom is -0.329 e. The van der Waals surface area contributed by atoms with Gasteiger partial charge in [-0.3, -0.25) is 9.88 Å². The smallest absolute Gasteiger partial charge is 0.0705 e. The number of fused-ring (bicyclic) bond motifs is 1. The molecular formula is C15H19N3. The summed E-state index contributed by atoms with van der Waals surface area (Å²) in [5, 5.41) is 1.21. The van der Waals surface area contributed by atoms with Gasteiger partial charge < -0.3 is 5.73 Å². The van der Waals surface area contributed by atoms with Crippen molar-refractivity contribution < 1.29 is 0 Å². The van der Waals surface area contributed by atoms with Crippen LogP contribution in [0.1, 0.15) is 18.5 Å². The van der Waals surface area contributed by atoms with E-state index in [9.17, 15) is 0 Å². The van der Waals surface area contributed by atoms with Crippen LogP contribution >= 0.6 is 0 Å². The van der Waals surface area contributed by atoms with E-state index in [0.29, 0.717) is 0 Å². The highest BCUT2D eigenvalue weighted by Gasteiger charge is 2.28. The summed E-state index contributed by atoms with van der Waals surface area (Å²) in [5.74, 6) is 0. The molecule has 1 aliphatic rings. The third-order valence-electron chi connectivity index (χ3n) is 3.50. The molecule has 18 heavy (non-hydrogen) atoms. The van der Waals surface area contributed by atoms with Gasteiger partial charge in [-0.2, -0.15) is 0 Å². The number of nitrogens with two attached hydrogens (primary N) is 1. The number of nitrogens with zero attached hydrogens (tertiary/aromatic N) is 2. The molecule has 0 bridgehead atoms. The van der Waals surface area contributed by atoms with Crippen LogP contribution in [0.4, 0.5) is 0 Å². The van der Waals surface area contributed by atoms with E-state index in [2.05, 4.69) is 35.2 Å². The van der Waals surface area contributed by atoms with Crippen LogP contribution < -0.4 is 5.73 Å². The van der Waals surface area contributed by atoms with Crippen LogP contribution in [0.5, 0.6) is 0 Å². The first-order valence-corrected chi connectivity index (χ1v) is 6.65. The van der Waals surface area contributed by atoms with Crippen LogP contribution in [-0.2, 0) is 6.54 Å². The van der Waals surface area contributed by atoms with Crippen molar-refractivity contribution in [2.75, 3.05) is 13.1 Å². The largest absolute Gasteiger partial charge is 0.329 e. The molecular weight excluding hydrogens is 222 g/mol. The zero-order valence-electron chi connectivity index (χ0n) is 10.5. The first-order chi connectivity index (χ1) is 8.86. The third kappa shape index (κ3) is 2.52. The molecule has 0 aliphatic heterocycles. The zero-order chi connectivity index (χ0) is 12.4. The molecule has 1 aliphatic carbocycles. The molecule has 2 N–H and O–H groups in total. The number of hydrogen-bond acceptors (Lipinski definition) is 3. The van der Waals surface area contributed by atoms with E-state index in [-0.39, 0.29) is 0 Å². The second kappa shape index (κ2) is 5.04. The van der Waals surface area contributed by atoms with Crippen LogP contribution in [0.2, 0.25) is 0 Å². The number of hydrogen-bond donors (Lipinski definition) is 1. The Morgan fingerprint density at radius 1 is 1.17 bits per heavy atom. The molecule has 3 heteroatoms. The molecule has 94 valence electrons. The molecule has 1 saturated carbocycles. The zero-order valence-corrected chi connectivity index (χ0v) is 10.5. The lowest BCUT2D eigenvalue weighted by molar-refractivity contribution is 0.259. The van der Waals surface area contributed by atoms with Crippen LogP contribution in [0.3, 0.4) is 0 Å². The molecule has 0 spiro atoms. The highest BCUT2D eigenvalue weighted by atomic mass is 15.2. The summed E-state index contributed by atoms with van der Waals surface area (Å²) >= 11 is 0. The lowest BCUT2D eigenvalue weighted by Gasteiger charge is -2.20. The second-order valence-electron chi connectivity index (χ2n) is 4.99. The van der Waals surface area contributed by atoms with Gasteiger partial charge in [0.15, 0.2) is 0 Å². The number of pyridine rings is 1. The Balaban J connectivity index is 1.80. The Hall–Kier alpha value is -1.45. The average molecular weight is 241 g/mol. The summed E-state index contributed by atoms with van der Waals surface area (Å²) in [6.07, 6.45) is 2.63. The van der Waals surface area contributed by atoms with Crippen molar-refractivity contribution in [1.82, 2.24) is 9.88 Å². The van der Waals surface area contributed by atoms with Crippen molar-refractivity contribution in [3.05, 3.63) is 42.1 Å². The molecule has 0 saturated heterocycles. The van der Waals surface area contributed by atoms with Gasteiger partial charge in [-0.15, -0.1) is 0 Å². The summed E-state index contributed by atoms with van der Waals surface area (Å²) in [6, 6.07) is 13.3. The van der Waals surface area contributed by atoms with Crippen molar-refractivity contribution in [2.24, 2.45) is 5.73 Å². The van der Waals surface area contributed by atoms with Crippen molar-refractivity contribution in [3.8, 4) is 0 Å². The number of benzene rings is 1. The predicted octanol–water partition coefficient (Wildman–Crippen LogP) is 2.16. The summed E-state index contributed by atoms with van der Waals surface area (Å²) in [7, 11) is 0. The average Bonchev–Trinajstić information content (AvgIpc) is 3.22. The van der Waals surface area contributed by atoms with Gasteiger partial charge in [-0.25, -0.2) is 0 Å². The number of rotatable bonds is 5. The first-order valence-electron chi connectivity index (χ1n) is 6.65. The minimum atomic E-state index is 0.726. The monoisotopic (exact) mass is 241 g/mol. The summed E-state index contributed by atoms with van der Waals surface area (Å²) < 4.78 is 0. The van der Waals surface area contributed by atoms with Gasteiger partial charge in [0.25, 0.3) is 0 Å². The van der Waals surface area contributed by atoms with E-state index in [4.69, 9.17) is 10.7 Å². The Labute approximate surface area is 108 Å². The molecule has 1 fully saturated rings. The minimum absolute atomic E-state index is 0.726. The molecule has 3 rings (SSSR count). The Morgan fingerprint density at radius 3 is 2.78 bits per heavy atom. The summed E-state index contributed by atoms with van der Waals surface area (Å²) in [4.78, 5) is 7.18. The first kappa shape index (κ1) is 11.6. The van der Waals surface area contributed by atoms with E-state index >= 15 is 0 Å². The van der Waals surface area contributed by atoms with Gasteiger partial charge in [-0.05, 0) is 25.0 Å². The summed E-state index contributed by atoms with van der Waals surface area (Å²) in [5.41, 5.74) is 7.91. The number of para-hydroxylation sites is 1. The van der Waals surface area contributed by atoms with Gasteiger partial charge in [0.2, 0.25) is 0 Å². The predicted molar refractivity (Wildman–Crippen MR) is 74.2 cm³/mol. The second-order valence-corrected chi connectivity index (χ2v) is 4.99. The highest BCUT2D eigenvalue weighted by Crippen LogP contribution is 2.27. The van der Waals surface area contributed by atoms with Crippen molar-refractivity contribution in [3.63, 3.8) is 0 Å². The van der Waals surface area contributed by atoms with Gasteiger partial charge >= 0.3 is 0 Å². The number of aromatic nitrogens is 1. The standard InChI is InChI=1S/C15H19N3/c16-9-10-18(14-7-8-14)11-13-6-5-12-3-1-2-4-15(12)17-13/h1-6,14H,7-11,16H2. The molecule has 1 aromatic heterocycles. The van der Waals surface area contributed by atoms with Gasteiger partial charge in [0, 0.05) is 31.1 Å². The van der Waals surface area contributed by atoms with Gasteiger partial charge in [0.05, 0.1) is 11.2 Å². The van der Waals surface area contributed by atoms with Gasteiger partial charge in [-0.1, -0.05) is 24.3 Å². The fraction of sp³-hybridized carbons (Fsp3) is 0.400. The Kier molecular flexibility index (Phi) is 3.26. The fourth-order valence-corrected chi connectivity index (χ4v) is 2.40. The third-order valence-corrected chi connectivity index (χ3v) is 3.50. The molecule has 0 atom stereocenters. The molecule has 1 aromatic carbocycles. The Morgan fingerprint density at radius 2 is 2.00 bits per heavy atom. The van der Waals surface area contributed by atoms with Gasteiger partial charge in [0.1, 0.15) is 0 Å². The van der Waals surface area contributed by atoms with E-state index in [1.165, 1.54) is 18.2 Å². The highest BCUT2D eigenvalue weighted by molar-refractivity contribution is 5.78. The molecule has 3 nitrogen and oxygen atoms in total. The van der Waals surface area contributed by atoms with E-state index in [0.717, 1.165) is 36.9 Å². The lowest BCUT2D eigenvalue weighted by atomic mass is 10.2. The molecule has 2 aromatic rings. The molecule has 0 amide bonds. The van der Waals surface area contributed by atoms with Crippen LogP contribution in [-0.4, -0.2) is 29.0 Å². The Bertz CT molecular complexity index is 534. The molecule has 0 radical (unpaired) electrons. The quantitative estimate of drug-likeness (QED) is 0.872. The molecule has 1 heterocycles. The van der Waals surface area contributed by atoms with Crippen LogP contribution in [0.25, 0.3) is 10.9 Å². The van der Waals surface area contributed by atoms with Crippen molar-refractivity contribution in [1.29, 1.82) is 0 Å².